The number of anilines is 4. The SMILES string of the molecule is O=C1c2cnc(Nc3ccc(N4CCNCC4)c(CC4CC4)c3)nc2OCN1c1c(Cl)cccc1Cl. The minimum atomic E-state index is -0.315. The quantitative estimate of drug-likeness (QED) is 0.475. The van der Waals surface area contributed by atoms with Crippen LogP contribution in [-0.2, 0) is 6.42 Å². The summed E-state index contributed by atoms with van der Waals surface area (Å²) in [4.78, 5) is 25.9. The first-order valence-corrected chi connectivity index (χ1v) is 12.9. The summed E-state index contributed by atoms with van der Waals surface area (Å²) >= 11 is 12.6. The van der Waals surface area contributed by atoms with E-state index >= 15 is 0 Å². The van der Waals surface area contributed by atoms with Crippen LogP contribution < -0.4 is 25.2 Å². The van der Waals surface area contributed by atoms with Crippen LogP contribution in [0.3, 0.4) is 0 Å². The molecule has 1 saturated carbocycles. The monoisotopic (exact) mass is 524 g/mol. The van der Waals surface area contributed by atoms with Gasteiger partial charge in [-0.1, -0.05) is 29.3 Å². The zero-order valence-corrected chi connectivity index (χ0v) is 21.1. The molecule has 6 rings (SSSR count). The molecule has 3 aliphatic rings. The van der Waals surface area contributed by atoms with Gasteiger partial charge in [-0.2, -0.15) is 4.98 Å². The van der Waals surface area contributed by atoms with Gasteiger partial charge >= 0.3 is 0 Å². The molecule has 1 aromatic heterocycles. The van der Waals surface area contributed by atoms with Crippen LogP contribution in [0.5, 0.6) is 5.88 Å². The van der Waals surface area contributed by atoms with E-state index in [1.165, 1.54) is 35.2 Å². The maximum absolute atomic E-state index is 13.2. The largest absolute Gasteiger partial charge is 0.455 e. The molecule has 0 spiro atoms. The Kier molecular flexibility index (Phi) is 6.33. The second kappa shape index (κ2) is 9.76. The zero-order chi connectivity index (χ0) is 24.6. The predicted octanol–water partition coefficient (Wildman–Crippen LogP) is 4.89. The van der Waals surface area contributed by atoms with Crippen LogP contribution in [0, 0.1) is 5.92 Å². The summed E-state index contributed by atoms with van der Waals surface area (Å²) in [5.41, 5.74) is 4.24. The predicted molar refractivity (Wildman–Crippen MR) is 142 cm³/mol. The minimum absolute atomic E-state index is 0.0450. The van der Waals surface area contributed by atoms with Gasteiger partial charge in [-0.25, -0.2) is 4.98 Å². The van der Waals surface area contributed by atoms with Gasteiger partial charge in [0.25, 0.3) is 5.91 Å². The number of rotatable bonds is 6. The maximum atomic E-state index is 13.2. The summed E-state index contributed by atoms with van der Waals surface area (Å²) in [5.74, 6) is 1.06. The summed E-state index contributed by atoms with van der Waals surface area (Å²) in [6.07, 6.45) is 5.16. The van der Waals surface area contributed by atoms with Gasteiger partial charge in [0.15, 0.2) is 6.73 Å². The number of para-hydroxylation sites is 1. The van der Waals surface area contributed by atoms with Crippen LogP contribution in [0.4, 0.5) is 23.0 Å². The molecule has 2 N–H and O–H groups in total. The molecule has 0 atom stereocenters. The highest BCUT2D eigenvalue weighted by Gasteiger charge is 2.31. The molecular formula is C26H26Cl2N6O2. The molecule has 0 unspecified atom stereocenters. The molecule has 8 nitrogen and oxygen atoms in total. The van der Waals surface area contributed by atoms with E-state index in [1.54, 1.807) is 18.2 Å². The van der Waals surface area contributed by atoms with Crippen LogP contribution >= 0.6 is 23.2 Å². The molecule has 1 aliphatic carbocycles. The summed E-state index contributed by atoms with van der Waals surface area (Å²) in [6.45, 7) is 3.99. The average Bonchev–Trinajstić information content (AvgIpc) is 3.70. The molecule has 2 aliphatic heterocycles. The molecule has 10 heteroatoms. The van der Waals surface area contributed by atoms with Gasteiger partial charge in [0.2, 0.25) is 11.8 Å². The molecular weight excluding hydrogens is 499 g/mol. The second-order valence-electron chi connectivity index (χ2n) is 9.34. The van der Waals surface area contributed by atoms with Gasteiger partial charge in [-0.3, -0.25) is 9.69 Å². The van der Waals surface area contributed by atoms with Crippen molar-refractivity contribution >= 4 is 52.1 Å². The van der Waals surface area contributed by atoms with E-state index in [0.29, 0.717) is 21.7 Å². The van der Waals surface area contributed by atoms with Gasteiger partial charge in [0, 0.05) is 43.8 Å². The summed E-state index contributed by atoms with van der Waals surface area (Å²) in [6, 6.07) is 11.5. The van der Waals surface area contributed by atoms with Gasteiger partial charge < -0.3 is 20.3 Å². The molecule has 0 radical (unpaired) electrons. The summed E-state index contributed by atoms with van der Waals surface area (Å²) in [5, 5.41) is 7.46. The Labute approximate surface area is 219 Å². The van der Waals surface area contributed by atoms with Crippen LogP contribution in [0.2, 0.25) is 10.0 Å². The van der Waals surface area contributed by atoms with E-state index < -0.39 is 0 Å². The second-order valence-corrected chi connectivity index (χ2v) is 10.2. The third-order valence-electron chi connectivity index (χ3n) is 6.77. The maximum Gasteiger partial charge on any atom is 0.268 e. The number of amides is 1. The van der Waals surface area contributed by atoms with Crippen molar-refractivity contribution in [3.63, 3.8) is 0 Å². The molecule has 3 heterocycles. The number of hydrogen-bond acceptors (Lipinski definition) is 7. The van der Waals surface area contributed by atoms with Crippen molar-refractivity contribution in [3.05, 3.63) is 63.8 Å². The van der Waals surface area contributed by atoms with Crippen molar-refractivity contribution in [2.24, 2.45) is 5.92 Å². The Morgan fingerprint density at radius 1 is 1.11 bits per heavy atom. The summed E-state index contributed by atoms with van der Waals surface area (Å²) in [7, 11) is 0. The van der Waals surface area contributed by atoms with Crippen molar-refractivity contribution in [2.75, 3.05) is 48.0 Å². The van der Waals surface area contributed by atoms with Crippen molar-refractivity contribution in [2.45, 2.75) is 19.3 Å². The fourth-order valence-electron chi connectivity index (χ4n) is 4.73. The highest BCUT2D eigenvalue weighted by Crippen LogP contribution is 2.38. The van der Waals surface area contributed by atoms with E-state index in [1.807, 2.05) is 0 Å². The van der Waals surface area contributed by atoms with E-state index in [0.717, 1.165) is 44.2 Å². The standard InChI is InChI=1S/C26H26Cl2N6O2/c27-20-2-1-3-21(28)23(20)34-15-36-24-19(25(34)35)14-30-26(32-24)31-18-6-7-22(33-10-8-29-9-11-33)17(13-18)12-16-4-5-16/h1-3,6-7,13-14,16,29H,4-5,8-12,15H2,(H,30,31,32). The smallest absolute Gasteiger partial charge is 0.268 e. The molecule has 1 amide bonds. The average molecular weight is 525 g/mol. The minimum Gasteiger partial charge on any atom is -0.455 e. The first-order chi connectivity index (χ1) is 17.6. The Bertz CT molecular complexity index is 1290. The van der Waals surface area contributed by atoms with Crippen molar-refractivity contribution in [1.82, 2.24) is 15.3 Å². The number of aromatic nitrogens is 2. The van der Waals surface area contributed by atoms with E-state index in [9.17, 15) is 4.79 Å². The number of hydrogen-bond donors (Lipinski definition) is 2. The van der Waals surface area contributed by atoms with Crippen molar-refractivity contribution in [3.8, 4) is 5.88 Å². The fourth-order valence-corrected chi connectivity index (χ4v) is 5.33. The Morgan fingerprint density at radius 2 is 1.89 bits per heavy atom. The normalized spacial score (nSPS) is 17.6. The molecule has 2 fully saturated rings. The highest BCUT2D eigenvalue weighted by molar-refractivity contribution is 6.40. The lowest BCUT2D eigenvalue weighted by atomic mass is 10.0. The number of fused-ring (bicyclic) bond motifs is 1. The number of nitrogens with zero attached hydrogens (tertiary/aromatic N) is 4. The van der Waals surface area contributed by atoms with E-state index in [-0.39, 0.29) is 24.1 Å². The molecule has 186 valence electrons. The Balaban J connectivity index is 1.23. The zero-order valence-electron chi connectivity index (χ0n) is 19.6. The lowest BCUT2D eigenvalue weighted by Crippen LogP contribution is -2.43. The highest BCUT2D eigenvalue weighted by atomic mass is 35.5. The van der Waals surface area contributed by atoms with Crippen LogP contribution in [0.25, 0.3) is 0 Å². The number of ether oxygens (including phenoxy) is 1. The van der Waals surface area contributed by atoms with Crippen LogP contribution in [0.15, 0.2) is 42.6 Å². The van der Waals surface area contributed by atoms with Gasteiger partial charge in [-0.15, -0.1) is 0 Å². The summed E-state index contributed by atoms with van der Waals surface area (Å²) < 4.78 is 5.82. The number of carbonyl (C=O) groups is 1. The number of halogens is 2. The molecule has 1 saturated heterocycles. The number of carbonyl (C=O) groups excluding carboxylic acids is 1. The van der Waals surface area contributed by atoms with Crippen LogP contribution in [-0.4, -0.2) is 48.8 Å². The first kappa shape index (κ1) is 23.3. The molecule has 2 aromatic carbocycles. The van der Waals surface area contributed by atoms with Crippen molar-refractivity contribution < 1.29 is 9.53 Å². The fraction of sp³-hybridized carbons (Fsp3) is 0.346. The van der Waals surface area contributed by atoms with Crippen molar-refractivity contribution in [1.29, 1.82) is 0 Å². The molecule has 36 heavy (non-hydrogen) atoms. The van der Waals surface area contributed by atoms with E-state index in [4.69, 9.17) is 27.9 Å². The number of piperazine rings is 1. The Hall–Kier alpha value is -3.07. The lowest BCUT2D eigenvalue weighted by molar-refractivity contribution is 0.0932. The third kappa shape index (κ3) is 4.68. The first-order valence-electron chi connectivity index (χ1n) is 12.2. The molecule has 0 bridgehead atoms. The Morgan fingerprint density at radius 3 is 2.64 bits per heavy atom. The lowest BCUT2D eigenvalue weighted by Gasteiger charge is -2.31. The topological polar surface area (TPSA) is 82.6 Å². The van der Waals surface area contributed by atoms with Gasteiger partial charge in [-0.05, 0) is 61.1 Å². The van der Waals surface area contributed by atoms with Gasteiger partial charge in [0.1, 0.15) is 5.56 Å². The number of nitrogens with one attached hydrogen (secondary N) is 2. The van der Waals surface area contributed by atoms with Gasteiger partial charge in [0.05, 0.1) is 15.7 Å². The number of benzene rings is 2. The third-order valence-corrected chi connectivity index (χ3v) is 7.38. The van der Waals surface area contributed by atoms with E-state index in [2.05, 4.69) is 43.7 Å². The molecule has 3 aromatic rings. The van der Waals surface area contributed by atoms with Crippen LogP contribution in [0.1, 0.15) is 28.8 Å².